The van der Waals surface area contributed by atoms with Crippen LogP contribution in [0.15, 0.2) is 29.5 Å². The number of hydrogen-bond acceptors (Lipinski definition) is 5. The molecule has 2 aliphatic rings. The van der Waals surface area contributed by atoms with Gasteiger partial charge in [0.05, 0.1) is 11.9 Å². The van der Waals surface area contributed by atoms with Crippen molar-refractivity contribution in [2.75, 3.05) is 13.1 Å². The van der Waals surface area contributed by atoms with E-state index in [4.69, 9.17) is 4.98 Å². The van der Waals surface area contributed by atoms with Crippen LogP contribution in [0.1, 0.15) is 62.7 Å². The average molecular weight is 393 g/mol. The smallest absolute Gasteiger partial charge is 0.254 e. The normalized spacial score (nSPS) is 22.4. The number of H-pyrrole nitrogens is 1. The van der Waals surface area contributed by atoms with Crippen LogP contribution in [0.3, 0.4) is 0 Å². The molecule has 1 fully saturated rings. The first-order chi connectivity index (χ1) is 13.9. The van der Waals surface area contributed by atoms with E-state index in [0.717, 1.165) is 73.6 Å². The Morgan fingerprint density at radius 2 is 2.14 bits per heavy atom. The fourth-order valence-corrected chi connectivity index (χ4v) is 4.99. The standard InChI is InChI=1S/C22H28N6O/c1-21(2,3)20-25-17-16(19(29)26-20)6-8-22(17)7-4-10-27(14-22)13-15-12-24-28-11-5-9-23-18(15)28/h5,9,11-12H,4,6-8,10,13-14H2,1-3H3,(H,25,26,29). The summed E-state index contributed by atoms with van der Waals surface area (Å²) in [6.45, 7) is 9.12. The van der Waals surface area contributed by atoms with Gasteiger partial charge < -0.3 is 4.98 Å². The van der Waals surface area contributed by atoms with Crippen molar-refractivity contribution >= 4 is 5.65 Å². The van der Waals surface area contributed by atoms with Gasteiger partial charge >= 0.3 is 0 Å². The zero-order valence-electron chi connectivity index (χ0n) is 17.4. The molecule has 1 aliphatic heterocycles. The number of hydrogen-bond donors (Lipinski definition) is 1. The van der Waals surface area contributed by atoms with Crippen LogP contribution in [0, 0.1) is 0 Å². The van der Waals surface area contributed by atoms with Gasteiger partial charge in [0.25, 0.3) is 5.56 Å². The summed E-state index contributed by atoms with van der Waals surface area (Å²) in [5.41, 5.74) is 3.89. The van der Waals surface area contributed by atoms with Crippen LogP contribution in [0.4, 0.5) is 0 Å². The molecule has 0 bridgehead atoms. The average Bonchev–Trinajstić information content (AvgIpc) is 3.24. The van der Waals surface area contributed by atoms with Gasteiger partial charge in [-0.25, -0.2) is 14.5 Å². The summed E-state index contributed by atoms with van der Waals surface area (Å²) in [5, 5.41) is 4.43. The van der Waals surface area contributed by atoms with E-state index in [1.165, 1.54) is 0 Å². The number of fused-ring (bicyclic) bond motifs is 3. The van der Waals surface area contributed by atoms with Crippen molar-refractivity contribution in [1.29, 1.82) is 0 Å². The number of aromatic amines is 1. The van der Waals surface area contributed by atoms with Crippen LogP contribution in [-0.4, -0.2) is 42.6 Å². The highest BCUT2D eigenvalue weighted by Gasteiger charge is 2.45. The lowest BCUT2D eigenvalue weighted by Crippen LogP contribution is -2.45. The van der Waals surface area contributed by atoms with Crippen LogP contribution in [0.25, 0.3) is 5.65 Å². The van der Waals surface area contributed by atoms with E-state index in [1.807, 2.05) is 29.2 Å². The molecule has 7 nitrogen and oxygen atoms in total. The van der Waals surface area contributed by atoms with Gasteiger partial charge in [0.15, 0.2) is 5.65 Å². The highest BCUT2D eigenvalue weighted by atomic mass is 16.1. The molecule has 1 N–H and O–H groups in total. The predicted octanol–water partition coefficient (Wildman–Crippen LogP) is 2.59. The van der Waals surface area contributed by atoms with Gasteiger partial charge in [0.1, 0.15) is 5.82 Å². The molecule has 4 heterocycles. The minimum absolute atomic E-state index is 0.0156. The third-order valence-corrected chi connectivity index (χ3v) is 6.48. The van der Waals surface area contributed by atoms with Crippen molar-refractivity contribution < 1.29 is 0 Å². The second-order valence-corrected chi connectivity index (χ2v) is 9.64. The molecule has 3 aromatic heterocycles. The fourth-order valence-electron chi connectivity index (χ4n) is 4.99. The van der Waals surface area contributed by atoms with Gasteiger partial charge in [-0.15, -0.1) is 0 Å². The lowest BCUT2D eigenvalue weighted by molar-refractivity contribution is 0.137. The molecular weight excluding hydrogens is 364 g/mol. The second kappa shape index (κ2) is 6.49. The molecule has 1 aliphatic carbocycles. The van der Waals surface area contributed by atoms with Crippen LogP contribution >= 0.6 is 0 Å². The van der Waals surface area contributed by atoms with Gasteiger partial charge in [0, 0.05) is 47.4 Å². The summed E-state index contributed by atoms with van der Waals surface area (Å²) in [7, 11) is 0. The van der Waals surface area contributed by atoms with Crippen LogP contribution in [0.5, 0.6) is 0 Å². The summed E-state index contributed by atoms with van der Waals surface area (Å²) < 4.78 is 1.83. The Bertz CT molecular complexity index is 1120. The van der Waals surface area contributed by atoms with Crippen LogP contribution < -0.4 is 5.56 Å². The Kier molecular flexibility index (Phi) is 4.13. The zero-order chi connectivity index (χ0) is 20.2. The van der Waals surface area contributed by atoms with E-state index in [9.17, 15) is 4.79 Å². The van der Waals surface area contributed by atoms with E-state index in [1.54, 1.807) is 0 Å². The lowest BCUT2D eigenvalue weighted by Gasteiger charge is -2.40. The number of piperidine rings is 1. The number of nitrogens with zero attached hydrogens (tertiary/aromatic N) is 5. The lowest BCUT2D eigenvalue weighted by atomic mass is 9.77. The minimum atomic E-state index is -0.172. The number of aromatic nitrogens is 5. The molecule has 0 saturated carbocycles. The molecule has 1 atom stereocenters. The highest BCUT2D eigenvalue weighted by molar-refractivity contribution is 5.45. The Labute approximate surface area is 170 Å². The summed E-state index contributed by atoms with van der Waals surface area (Å²) >= 11 is 0. The van der Waals surface area contributed by atoms with Gasteiger partial charge in [-0.05, 0) is 38.3 Å². The minimum Gasteiger partial charge on any atom is -0.310 e. The summed E-state index contributed by atoms with van der Waals surface area (Å²) in [4.78, 5) is 27.8. The summed E-state index contributed by atoms with van der Waals surface area (Å²) in [6, 6.07) is 1.89. The maximum atomic E-state index is 12.8. The van der Waals surface area contributed by atoms with Crippen molar-refractivity contribution in [1.82, 2.24) is 29.5 Å². The molecule has 0 aromatic carbocycles. The van der Waals surface area contributed by atoms with E-state index in [-0.39, 0.29) is 16.4 Å². The third-order valence-electron chi connectivity index (χ3n) is 6.48. The highest BCUT2D eigenvalue weighted by Crippen LogP contribution is 2.43. The van der Waals surface area contributed by atoms with Crippen molar-refractivity contribution in [3.05, 3.63) is 57.7 Å². The first-order valence-corrected chi connectivity index (χ1v) is 10.5. The molecule has 1 saturated heterocycles. The molecule has 7 heteroatoms. The molecule has 152 valence electrons. The first kappa shape index (κ1) is 18.5. The van der Waals surface area contributed by atoms with Gasteiger partial charge in [-0.1, -0.05) is 20.8 Å². The van der Waals surface area contributed by atoms with Gasteiger partial charge in [-0.2, -0.15) is 5.10 Å². The van der Waals surface area contributed by atoms with Crippen molar-refractivity contribution in [3.8, 4) is 0 Å². The third kappa shape index (κ3) is 3.08. The monoisotopic (exact) mass is 392 g/mol. The van der Waals surface area contributed by atoms with Gasteiger partial charge in [-0.3, -0.25) is 9.69 Å². The molecule has 1 spiro atoms. The fraction of sp³-hybridized carbons (Fsp3) is 0.545. The van der Waals surface area contributed by atoms with E-state index < -0.39 is 0 Å². The Balaban J connectivity index is 1.47. The number of nitrogens with one attached hydrogen (secondary N) is 1. The molecule has 3 aromatic rings. The SMILES string of the molecule is CC(C)(C)c1nc2c(c(=O)[nH]1)CCC21CCCN(Cc2cnn3cccnc23)C1. The molecule has 0 radical (unpaired) electrons. The molecule has 29 heavy (non-hydrogen) atoms. The predicted molar refractivity (Wildman–Crippen MR) is 111 cm³/mol. The number of likely N-dealkylation sites (tertiary alicyclic amines) is 1. The number of rotatable bonds is 2. The maximum absolute atomic E-state index is 12.8. The topological polar surface area (TPSA) is 79.2 Å². The van der Waals surface area contributed by atoms with E-state index in [0.29, 0.717) is 0 Å². The molecule has 0 amide bonds. The van der Waals surface area contributed by atoms with Gasteiger partial charge in [0.2, 0.25) is 0 Å². The Morgan fingerprint density at radius 1 is 1.28 bits per heavy atom. The Hall–Kier alpha value is -2.54. The first-order valence-electron chi connectivity index (χ1n) is 10.5. The summed E-state index contributed by atoms with van der Waals surface area (Å²) in [5.74, 6) is 0.798. The van der Waals surface area contributed by atoms with Crippen molar-refractivity contribution in [2.45, 2.75) is 63.8 Å². The van der Waals surface area contributed by atoms with E-state index in [2.05, 4.69) is 40.7 Å². The largest absolute Gasteiger partial charge is 0.310 e. The van der Waals surface area contributed by atoms with Crippen molar-refractivity contribution in [3.63, 3.8) is 0 Å². The van der Waals surface area contributed by atoms with Crippen LogP contribution in [-0.2, 0) is 23.8 Å². The second-order valence-electron chi connectivity index (χ2n) is 9.64. The molecule has 1 unspecified atom stereocenters. The zero-order valence-corrected chi connectivity index (χ0v) is 17.4. The maximum Gasteiger partial charge on any atom is 0.254 e. The quantitative estimate of drug-likeness (QED) is 0.725. The van der Waals surface area contributed by atoms with E-state index >= 15 is 0 Å². The summed E-state index contributed by atoms with van der Waals surface area (Å²) in [6.07, 6.45) is 9.72. The molecule has 5 rings (SSSR count). The van der Waals surface area contributed by atoms with Crippen molar-refractivity contribution in [2.24, 2.45) is 0 Å². The Morgan fingerprint density at radius 3 is 2.97 bits per heavy atom. The molecular formula is C22H28N6O. The van der Waals surface area contributed by atoms with Crippen LogP contribution in [0.2, 0.25) is 0 Å².